The first-order chi connectivity index (χ1) is 9.97. The number of phenolic OH excluding ortho intramolecular Hbond substituents is 1. The van der Waals surface area contributed by atoms with E-state index in [2.05, 4.69) is 5.32 Å². The Morgan fingerprint density at radius 3 is 2.52 bits per heavy atom. The lowest BCUT2D eigenvalue weighted by Gasteiger charge is -2.15. The fraction of sp³-hybridized carbons (Fsp3) is 0.250. The summed E-state index contributed by atoms with van der Waals surface area (Å²) in [6.07, 6.45) is 0.222. The molecule has 5 heteroatoms. The Labute approximate surface area is 127 Å². The molecular weight excluding hydrogens is 296 g/mol. The number of hydrogen-bond acceptors (Lipinski definition) is 2. The maximum Gasteiger partial charge on any atom is 0.129 e. The molecule has 0 saturated carbocycles. The summed E-state index contributed by atoms with van der Waals surface area (Å²) in [4.78, 5) is 0. The summed E-state index contributed by atoms with van der Waals surface area (Å²) in [7, 11) is 0. The monoisotopic (exact) mass is 311 g/mol. The van der Waals surface area contributed by atoms with E-state index in [0.717, 1.165) is 0 Å². The molecule has 0 heterocycles. The van der Waals surface area contributed by atoms with E-state index in [9.17, 15) is 13.9 Å². The average Bonchev–Trinajstić information content (AvgIpc) is 2.44. The second kappa shape index (κ2) is 6.87. The van der Waals surface area contributed by atoms with Gasteiger partial charge >= 0.3 is 0 Å². The summed E-state index contributed by atoms with van der Waals surface area (Å²) in [5.74, 6) is -0.959. The lowest BCUT2D eigenvalue weighted by molar-refractivity contribution is 0.455. The van der Waals surface area contributed by atoms with Gasteiger partial charge in [-0.15, -0.1) is 0 Å². The summed E-state index contributed by atoms with van der Waals surface area (Å²) in [6.45, 7) is 2.19. The summed E-state index contributed by atoms with van der Waals surface area (Å²) in [6, 6.07) is 8.44. The first-order valence-corrected chi connectivity index (χ1v) is 6.99. The van der Waals surface area contributed by atoms with Crippen molar-refractivity contribution in [2.75, 3.05) is 0 Å². The first kappa shape index (κ1) is 15.7. The number of hydrogen-bond donors (Lipinski definition) is 2. The van der Waals surface area contributed by atoms with Crippen LogP contribution in [-0.4, -0.2) is 11.1 Å². The van der Waals surface area contributed by atoms with Crippen molar-refractivity contribution in [1.29, 1.82) is 0 Å². The van der Waals surface area contributed by atoms with E-state index in [1.165, 1.54) is 24.3 Å². The topological polar surface area (TPSA) is 32.3 Å². The third-order valence-electron chi connectivity index (χ3n) is 3.25. The van der Waals surface area contributed by atoms with Gasteiger partial charge in [0, 0.05) is 28.7 Å². The van der Waals surface area contributed by atoms with Gasteiger partial charge in [-0.2, -0.15) is 0 Å². The van der Waals surface area contributed by atoms with Crippen LogP contribution in [0.2, 0.25) is 5.02 Å². The van der Waals surface area contributed by atoms with Gasteiger partial charge in [-0.1, -0.05) is 17.7 Å². The number of benzene rings is 2. The van der Waals surface area contributed by atoms with Crippen molar-refractivity contribution in [3.63, 3.8) is 0 Å². The minimum atomic E-state index is -0.547. The third-order valence-corrected chi connectivity index (χ3v) is 3.49. The van der Waals surface area contributed by atoms with Crippen LogP contribution in [0.4, 0.5) is 8.78 Å². The molecule has 2 rings (SSSR count). The van der Waals surface area contributed by atoms with Gasteiger partial charge in [0.1, 0.15) is 17.4 Å². The van der Waals surface area contributed by atoms with Crippen molar-refractivity contribution >= 4 is 11.6 Å². The van der Waals surface area contributed by atoms with Crippen LogP contribution in [-0.2, 0) is 13.0 Å². The van der Waals surface area contributed by atoms with Gasteiger partial charge in [0.15, 0.2) is 0 Å². The van der Waals surface area contributed by atoms with Gasteiger partial charge in [-0.05, 0) is 43.7 Å². The van der Waals surface area contributed by atoms with Gasteiger partial charge < -0.3 is 10.4 Å². The average molecular weight is 312 g/mol. The Bertz CT molecular complexity index is 613. The summed E-state index contributed by atoms with van der Waals surface area (Å²) in [5.41, 5.74) is 0.705. The maximum absolute atomic E-state index is 13.6. The van der Waals surface area contributed by atoms with E-state index in [4.69, 9.17) is 11.6 Å². The number of aromatic hydroxyl groups is 1. The zero-order valence-corrected chi connectivity index (χ0v) is 12.3. The van der Waals surface area contributed by atoms with E-state index in [0.29, 0.717) is 17.1 Å². The molecule has 0 amide bonds. The molecule has 1 unspecified atom stereocenters. The predicted molar refractivity (Wildman–Crippen MR) is 79.5 cm³/mol. The zero-order chi connectivity index (χ0) is 15.4. The van der Waals surface area contributed by atoms with Crippen molar-refractivity contribution in [3.8, 4) is 5.75 Å². The fourth-order valence-electron chi connectivity index (χ4n) is 2.09. The molecular formula is C16H16ClF2NO. The molecule has 112 valence electrons. The Kier molecular flexibility index (Phi) is 5.15. The van der Waals surface area contributed by atoms with Crippen LogP contribution in [0.25, 0.3) is 0 Å². The van der Waals surface area contributed by atoms with Gasteiger partial charge in [-0.25, -0.2) is 8.78 Å². The molecule has 2 nitrogen and oxygen atoms in total. The molecule has 0 aromatic heterocycles. The highest BCUT2D eigenvalue weighted by Gasteiger charge is 2.12. The van der Waals surface area contributed by atoms with Crippen LogP contribution in [0.5, 0.6) is 5.75 Å². The minimum Gasteiger partial charge on any atom is -0.508 e. The second-order valence-corrected chi connectivity index (χ2v) is 5.40. The van der Waals surface area contributed by atoms with Crippen molar-refractivity contribution in [3.05, 3.63) is 64.2 Å². The summed E-state index contributed by atoms with van der Waals surface area (Å²) < 4.78 is 27.1. The van der Waals surface area contributed by atoms with Gasteiger partial charge in [0.05, 0.1) is 0 Å². The second-order valence-electron chi connectivity index (χ2n) is 4.96. The van der Waals surface area contributed by atoms with Crippen molar-refractivity contribution in [1.82, 2.24) is 5.32 Å². The molecule has 0 fully saturated rings. The quantitative estimate of drug-likeness (QED) is 0.873. The molecule has 21 heavy (non-hydrogen) atoms. The van der Waals surface area contributed by atoms with Gasteiger partial charge in [0.25, 0.3) is 0 Å². The standard InChI is InChI=1S/C16H16ClF2NO/c1-10(7-13-14(18)3-2-4-15(13)19)20-9-11-8-12(17)5-6-16(11)21/h2-6,8,10,20-21H,7,9H2,1H3. The van der Waals surface area contributed by atoms with Crippen LogP contribution < -0.4 is 5.32 Å². The van der Waals surface area contributed by atoms with Crippen LogP contribution >= 0.6 is 11.6 Å². The molecule has 0 radical (unpaired) electrons. The molecule has 2 N–H and O–H groups in total. The Balaban J connectivity index is 1.99. The summed E-state index contributed by atoms with van der Waals surface area (Å²) >= 11 is 5.87. The molecule has 2 aromatic rings. The van der Waals surface area contributed by atoms with Crippen LogP contribution in [0, 0.1) is 11.6 Å². The van der Waals surface area contributed by atoms with Gasteiger partial charge in [-0.3, -0.25) is 0 Å². The van der Waals surface area contributed by atoms with Crippen molar-refractivity contribution in [2.45, 2.75) is 25.9 Å². The van der Waals surface area contributed by atoms with E-state index in [1.54, 1.807) is 12.1 Å². The lowest BCUT2D eigenvalue weighted by atomic mass is 10.1. The molecule has 0 aliphatic heterocycles. The number of nitrogens with one attached hydrogen (secondary N) is 1. The number of phenols is 1. The number of rotatable bonds is 5. The molecule has 0 saturated heterocycles. The Hall–Kier alpha value is -1.65. The third kappa shape index (κ3) is 4.16. The molecule has 0 aliphatic carbocycles. The maximum atomic E-state index is 13.6. The molecule has 1 atom stereocenters. The SMILES string of the molecule is CC(Cc1c(F)cccc1F)NCc1cc(Cl)ccc1O. The molecule has 2 aromatic carbocycles. The highest BCUT2D eigenvalue weighted by atomic mass is 35.5. The van der Waals surface area contributed by atoms with Crippen molar-refractivity contribution < 1.29 is 13.9 Å². The van der Waals surface area contributed by atoms with E-state index < -0.39 is 11.6 Å². The highest BCUT2D eigenvalue weighted by molar-refractivity contribution is 6.30. The fourth-order valence-corrected chi connectivity index (χ4v) is 2.28. The molecule has 0 aliphatic rings. The molecule has 0 bridgehead atoms. The smallest absolute Gasteiger partial charge is 0.129 e. The zero-order valence-electron chi connectivity index (χ0n) is 11.5. The predicted octanol–water partition coefficient (Wildman–Crippen LogP) is 4.04. The van der Waals surface area contributed by atoms with E-state index >= 15 is 0 Å². The van der Waals surface area contributed by atoms with Crippen LogP contribution in [0.15, 0.2) is 36.4 Å². The largest absolute Gasteiger partial charge is 0.508 e. The first-order valence-electron chi connectivity index (χ1n) is 6.61. The normalized spacial score (nSPS) is 12.4. The number of halogens is 3. The van der Waals surface area contributed by atoms with Crippen molar-refractivity contribution in [2.24, 2.45) is 0 Å². The summed E-state index contributed by atoms with van der Waals surface area (Å²) in [5, 5.41) is 13.4. The van der Waals surface area contributed by atoms with Gasteiger partial charge in [0.2, 0.25) is 0 Å². The Morgan fingerprint density at radius 2 is 1.86 bits per heavy atom. The molecule has 0 spiro atoms. The Morgan fingerprint density at radius 1 is 1.19 bits per heavy atom. The highest BCUT2D eigenvalue weighted by Crippen LogP contribution is 2.21. The van der Waals surface area contributed by atoms with Crippen LogP contribution in [0.3, 0.4) is 0 Å². The lowest BCUT2D eigenvalue weighted by Crippen LogP contribution is -2.28. The minimum absolute atomic E-state index is 0.0628. The van der Waals surface area contributed by atoms with E-state index in [-0.39, 0.29) is 23.8 Å². The van der Waals surface area contributed by atoms with Crippen LogP contribution in [0.1, 0.15) is 18.1 Å². The van der Waals surface area contributed by atoms with E-state index in [1.807, 2.05) is 6.92 Å².